The van der Waals surface area contributed by atoms with Crippen molar-refractivity contribution in [1.82, 2.24) is 10.6 Å². The number of aldehydes is 1. The molecule has 1 aliphatic rings. The van der Waals surface area contributed by atoms with Crippen molar-refractivity contribution in [1.29, 1.82) is 0 Å². The van der Waals surface area contributed by atoms with E-state index in [0.29, 0.717) is 42.4 Å². The van der Waals surface area contributed by atoms with Crippen molar-refractivity contribution in [3.05, 3.63) is 143 Å². The van der Waals surface area contributed by atoms with Crippen LogP contribution in [-0.2, 0) is 43.7 Å². The summed E-state index contributed by atoms with van der Waals surface area (Å²) in [5, 5.41) is 14.9. The minimum atomic E-state index is -4.96. The van der Waals surface area contributed by atoms with E-state index in [-0.39, 0.29) is 36.2 Å². The van der Waals surface area contributed by atoms with Crippen LogP contribution in [0.2, 0.25) is 0 Å². The Labute approximate surface area is 404 Å². The van der Waals surface area contributed by atoms with Crippen LogP contribution in [0.15, 0.2) is 92.6 Å². The Morgan fingerprint density at radius 2 is 1.17 bits per heavy atom. The standard InChI is InChI=1S/C17H22F3NO3.C13H9F6NO2.C9H7F3O.C9H16O2.CH4/c1-6-13(21-15(23)24-16(3,4)5)14(22)11-7-10(2)8-12(9-11)17(18,19)20;1-2-9-10(22-11(21)20-9)6-3-7(12(14,15)16)5-8(4-6)13(17,18)19;1-6-2-7(5-13)4-8(3-6)9(10,11)12;1-5-6-7-8(10)11-9(2,3)4;/h6-9,13-14,22H,1H2,2-5H3,(H,21,23);2-5,9-10H,1H2,(H,20,21);2-5H,1H3;5H,1,6-7H2,2-4H3;1H4/t;9-,10?;;;/m.0.../s1. The zero-order valence-electron chi connectivity index (χ0n) is 39.2. The Kier molecular flexibility index (Phi) is 23.9. The fourth-order valence-corrected chi connectivity index (χ4v) is 5.76. The van der Waals surface area contributed by atoms with Gasteiger partial charge in [-0.1, -0.05) is 37.3 Å². The number of rotatable bonds is 10. The molecular formula is C49H58F12N2O8. The lowest BCUT2D eigenvalue weighted by molar-refractivity contribution is -0.154. The number of allylic oxidation sites excluding steroid dienone is 1. The lowest BCUT2D eigenvalue weighted by Gasteiger charge is -2.25. The Balaban J connectivity index is 0.000000960. The van der Waals surface area contributed by atoms with E-state index in [9.17, 15) is 77.0 Å². The van der Waals surface area contributed by atoms with Gasteiger partial charge in [0.2, 0.25) is 0 Å². The first-order valence-electron chi connectivity index (χ1n) is 20.6. The van der Waals surface area contributed by atoms with E-state index in [0.717, 1.165) is 24.3 Å². The fourth-order valence-electron chi connectivity index (χ4n) is 5.76. The number of benzene rings is 3. The number of hydrogen-bond acceptors (Lipinski definition) is 8. The first-order chi connectivity index (χ1) is 31.7. The molecule has 0 radical (unpaired) electrons. The maximum absolute atomic E-state index is 12.9. The van der Waals surface area contributed by atoms with Gasteiger partial charge in [-0.05, 0) is 127 Å². The van der Waals surface area contributed by atoms with Gasteiger partial charge in [0, 0.05) is 12.0 Å². The zero-order chi connectivity index (χ0) is 54.4. The smallest absolute Gasteiger partial charge is 0.416 e. The number of amides is 2. The first kappa shape index (κ1) is 64.7. The average molecular weight is 1030 g/mol. The van der Waals surface area contributed by atoms with Crippen LogP contribution in [0.1, 0.15) is 129 Å². The van der Waals surface area contributed by atoms with E-state index in [1.807, 2.05) is 20.8 Å². The Hall–Kier alpha value is -6.32. The van der Waals surface area contributed by atoms with Crippen LogP contribution in [0.4, 0.5) is 62.3 Å². The quantitative estimate of drug-likeness (QED) is 0.0600. The molecule has 0 saturated carbocycles. The van der Waals surface area contributed by atoms with Gasteiger partial charge >= 0.3 is 42.9 Å². The van der Waals surface area contributed by atoms with Gasteiger partial charge in [0.05, 0.1) is 34.3 Å². The summed E-state index contributed by atoms with van der Waals surface area (Å²) in [4.78, 5) is 44.1. The average Bonchev–Trinajstić information content (AvgIpc) is 3.59. The van der Waals surface area contributed by atoms with Crippen molar-refractivity contribution in [3.63, 3.8) is 0 Å². The second-order valence-corrected chi connectivity index (χ2v) is 17.2. The number of cyclic esters (lactones) is 1. The Bertz CT molecular complexity index is 2260. The molecule has 71 heavy (non-hydrogen) atoms. The van der Waals surface area contributed by atoms with E-state index >= 15 is 0 Å². The summed E-state index contributed by atoms with van der Waals surface area (Å²) in [6.07, 6.45) is -17.6. The highest BCUT2D eigenvalue weighted by molar-refractivity contribution is 5.75. The molecule has 3 aromatic carbocycles. The fraction of sp³-hybridized carbons (Fsp3) is 0.429. The van der Waals surface area contributed by atoms with Crippen LogP contribution in [-0.4, -0.2) is 52.8 Å². The van der Waals surface area contributed by atoms with Crippen LogP contribution < -0.4 is 10.6 Å². The van der Waals surface area contributed by atoms with Crippen molar-refractivity contribution in [2.75, 3.05) is 0 Å². The number of ether oxygens (including phenoxy) is 3. The van der Waals surface area contributed by atoms with E-state index in [1.165, 1.54) is 38.1 Å². The Morgan fingerprint density at radius 3 is 1.58 bits per heavy atom. The van der Waals surface area contributed by atoms with Crippen molar-refractivity contribution >= 4 is 24.4 Å². The second-order valence-electron chi connectivity index (χ2n) is 17.2. The molecule has 1 aliphatic heterocycles. The molecule has 4 atom stereocenters. The topological polar surface area (TPSA) is 140 Å². The van der Waals surface area contributed by atoms with Crippen molar-refractivity contribution in [2.45, 2.75) is 136 Å². The summed E-state index contributed by atoms with van der Waals surface area (Å²) in [5.74, 6) is -0.155. The second kappa shape index (κ2) is 26.2. The van der Waals surface area contributed by atoms with E-state index in [2.05, 4.69) is 30.4 Å². The van der Waals surface area contributed by atoms with Gasteiger partial charge in [0.15, 0.2) is 6.10 Å². The zero-order valence-corrected chi connectivity index (χ0v) is 39.2. The predicted molar refractivity (Wildman–Crippen MR) is 241 cm³/mol. The van der Waals surface area contributed by atoms with Crippen molar-refractivity contribution in [3.8, 4) is 0 Å². The number of alkyl carbamates (subject to hydrolysis) is 2. The number of alkyl halides is 12. The molecule has 10 nitrogen and oxygen atoms in total. The summed E-state index contributed by atoms with van der Waals surface area (Å²) in [6, 6.07) is 5.65. The minimum absolute atomic E-state index is 0. The monoisotopic (exact) mass is 1030 g/mol. The largest absolute Gasteiger partial charge is 0.460 e. The lowest BCUT2D eigenvalue weighted by Crippen LogP contribution is -2.41. The molecule has 0 aromatic heterocycles. The molecule has 0 bridgehead atoms. The number of hydrogen-bond donors (Lipinski definition) is 3. The van der Waals surface area contributed by atoms with E-state index < -0.39 is 94.6 Å². The number of esters is 1. The third kappa shape index (κ3) is 23.4. The van der Waals surface area contributed by atoms with Crippen LogP contribution in [0, 0.1) is 13.8 Å². The molecule has 22 heteroatoms. The number of aliphatic hydroxyl groups excluding tert-OH is 1. The normalized spacial score (nSPS) is 15.6. The molecule has 1 saturated heterocycles. The number of halogens is 12. The predicted octanol–water partition coefficient (Wildman–Crippen LogP) is 13.9. The minimum Gasteiger partial charge on any atom is -0.460 e. The first-order valence-corrected chi connectivity index (χ1v) is 20.6. The van der Waals surface area contributed by atoms with Crippen LogP contribution in [0.5, 0.6) is 0 Å². The molecule has 0 spiro atoms. The SMILES string of the molecule is C.C=CC(NC(=O)OC(C)(C)C)C(O)c1cc(C)cc(C(F)(F)F)c1.C=CCCC(=O)OC(C)(C)C.C=C[C@@H]1NC(=O)OC1c1cc(C(F)(F)F)cc(C(F)(F)F)c1.Cc1cc(C=O)cc(C(F)(F)F)c1. The molecule has 1 fully saturated rings. The highest BCUT2D eigenvalue weighted by Gasteiger charge is 2.41. The molecule has 3 unspecified atom stereocenters. The van der Waals surface area contributed by atoms with Crippen LogP contribution in [0.3, 0.4) is 0 Å². The van der Waals surface area contributed by atoms with E-state index in [4.69, 9.17) is 14.2 Å². The molecular weight excluding hydrogens is 973 g/mol. The summed E-state index contributed by atoms with van der Waals surface area (Å²) < 4.78 is 167. The molecule has 3 aromatic rings. The van der Waals surface area contributed by atoms with Crippen LogP contribution >= 0.6 is 0 Å². The summed E-state index contributed by atoms with van der Waals surface area (Å²) in [6.45, 7) is 24.0. The summed E-state index contributed by atoms with van der Waals surface area (Å²) >= 11 is 0. The number of carbonyl (C=O) groups is 4. The maximum atomic E-state index is 12.9. The Morgan fingerprint density at radius 1 is 0.718 bits per heavy atom. The van der Waals surface area contributed by atoms with Crippen molar-refractivity contribution < 1.29 is 91.2 Å². The molecule has 4 rings (SSSR count). The molecule has 0 aliphatic carbocycles. The van der Waals surface area contributed by atoms with Crippen LogP contribution in [0.25, 0.3) is 0 Å². The van der Waals surface area contributed by atoms with Gasteiger partial charge in [-0.25, -0.2) is 9.59 Å². The van der Waals surface area contributed by atoms with Gasteiger partial charge in [-0.3, -0.25) is 9.59 Å². The number of nitrogens with one attached hydrogen (secondary N) is 2. The van der Waals surface area contributed by atoms with Crippen molar-refractivity contribution in [2.24, 2.45) is 0 Å². The van der Waals surface area contributed by atoms with Gasteiger partial charge in [-0.15, -0.1) is 19.7 Å². The number of aliphatic hydroxyl groups is 1. The van der Waals surface area contributed by atoms with Gasteiger partial charge in [-0.2, -0.15) is 52.7 Å². The highest BCUT2D eigenvalue weighted by Crippen LogP contribution is 2.40. The number of carbonyl (C=O) groups excluding carboxylic acids is 4. The molecule has 2 amide bonds. The third-order valence-electron chi connectivity index (χ3n) is 8.62. The maximum Gasteiger partial charge on any atom is 0.416 e. The number of aryl methyl sites for hydroxylation is 2. The summed E-state index contributed by atoms with van der Waals surface area (Å²) in [5.41, 5.74) is -5.25. The van der Waals surface area contributed by atoms with Gasteiger partial charge in [0.25, 0.3) is 0 Å². The molecule has 3 N–H and O–H groups in total. The molecule has 396 valence electrons. The molecule has 1 heterocycles. The van der Waals surface area contributed by atoms with Gasteiger partial charge in [0.1, 0.15) is 23.6 Å². The van der Waals surface area contributed by atoms with Gasteiger partial charge < -0.3 is 30.0 Å². The third-order valence-corrected chi connectivity index (χ3v) is 8.62. The lowest BCUT2D eigenvalue weighted by atomic mass is 9.97. The van der Waals surface area contributed by atoms with E-state index in [1.54, 1.807) is 26.8 Å². The summed E-state index contributed by atoms with van der Waals surface area (Å²) in [7, 11) is 0. The highest BCUT2D eigenvalue weighted by atomic mass is 19.4.